The smallest absolute Gasteiger partial charge is 0.254 e. The predicted octanol–water partition coefficient (Wildman–Crippen LogP) is 2.42. The number of H-pyrrole nitrogens is 1. The Hall–Kier alpha value is -1.27. The molecule has 1 aliphatic rings. The van der Waals surface area contributed by atoms with Crippen LogP contribution in [0, 0.1) is 0 Å². The average Bonchev–Trinajstić information content (AvgIpc) is 3.03. The summed E-state index contributed by atoms with van der Waals surface area (Å²) in [5, 5.41) is 1.18. The Morgan fingerprint density at radius 1 is 1.50 bits per heavy atom. The van der Waals surface area contributed by atoms with Crippen LogP contribution in [0.5, 0.6) is 0 Å². The number of hydrogen-bond acceptors (Lipinski definition) is 4. The summed E-state index contributed by atoms with van der Waals surface area (Å²) in [5.41, 5.74) is 2.77. The SMILES string of the molecule is CCn1cnc(Cl)c1CSc1nc2c(c(=O)[nH]1)CCC2. The van der Waals surface area contributed by atoms with Crippen molar-refractivity contribution in [1.82, 2.24) is 19.5 Å². The van der Waals surface area contributed by atoms with E-state index < -0.39 is 0 Å². The first kappa shape index (κ1) is 13.7. The Morgan fingerprint density at radius 2 is 2.35 bits per heavy atom. The van der Waals surface area contributed by atoms with Crippen LogP contribution < -0.4 is 5.56 Å². The number of nitrogens with zero attached hydrogens (tertiary/aromatic N) is 3. The lowest BCUT2D eigenvalue weighted by Gasteiger charge is -2.06. The van der Waals surface area contributed by atoms with Crippen LogP contribution >= 0.6 is 23.4 Å². The molecule has 0 aliphatic heterocycles. The number of aromatic nitrogens is 4. The molecule has 1 N–H and O–H groups in total. The van der Waals surface area contributed by atoms with E-state index in [9.17, 15) is 4.79 Å². The number of fused-ring (bicyclic) bond motifs is 1. The molecule has 3 rings (SSSR count). The molecule has 1 aliphatic carbocycles. The third kappa shape index (κ3) is 2.50. The highest BCUT2D eigenvalue weighted by molar-refractivity contribution is 7.98. The van der Waals surface area contributed by atoms with Crippen molar-refractivity contribution in [3.63, 3.8) is 0 Å². The van der Waals surface area contributed by atoms with Crippen molar-refractivity contribution in [1.29, 1.82) is 0 Å². The van der Waals surface area contributed by atoms with Gasteiger partial charge in [-0.2, -0.15) is 0 Å². The molecule has 0 radical (unpaired) electrons. The highest BCUT2D eigenvalue weighted by atomic mass is 35.5. The fraction of sp³-hybridized carbons (Fsp3) is 0.462. The molecule has 0 amide bonds. The van der Waals surface area contributed by atoms with Gasteiger partial charge in [-0.15, -0.1) is 0 Å². The highest BCUT2D eigenvalue weighted by Gasteiger charge is 2.17. The van der Waals surface area contributed by atoms with Gasteiger partial charge in [0.2, 0.25) is 0 Å². The van der Waals surface area contributed by atoms with E-state index >= 15 is 0 Å². The van der Waals surface area contributed by atoms with Crippen LogP contribution in [0.1, 0.15) is 30.3 Å². The van der Waals surface area contributed by atoms with E-state index in [-0.39, 0.29) is 5.56 Å². The minimum absolute atomic E-state index is 0.00472. The number of aromatic amines is 1. The molecule has 0 saturated carbocycles. The molecule has 0 unspecified atom stereocenters. The summed E-state index contributed by atoms with van der Waals surface area (Å²) in [6.07, 6.45) is 4.50. The van der Waals surface area contributed by atoms with Crippen molar-refractivity contribution >= 4 is 23.4 Å². The predicted molar refractivity (Wildman–Crippen MR) is 79.4 cm³/mol. The Morgan fingerprint density at radius 3 is 3.15 bits per heavy atom. The van der Waals surface area contributed by atoms with Crippen molar-refractivity contribution in [2.24, 2.45) is 0 Å². The van der Waals surface area contributed by atoms with Crippen LogP contribution in [0.3, 0.4) is 0 Å². The van der Waals surface area contributed by atoms with Crippen molar-refractivity contribution in [2.45, 2.75) is 43.6 Å². The van der Waals surface area contributed by atoms with E-state index in [2.05, 4.69) is 15.0 Å². The number of halogens is 1. The van der Waals surface area contributed by atoms with E-state index in [0.29, 0.717) is 16.1 Å². The number of thioether (sulfide) groups is 1. The van der Waals surface area contributed by atoms with Gasteiger partial charge in [-0.25, -0.2) is 9.97 Å². The van der Waals surface area contributed by atoms with Gasteiger partial charge in [-0.05, 0) is 26.2 Å². The van der Waals surface area contributed by atoms with Gasteiger partial charge in [-0.1, -0.05) is 23.4 Å². The molecule has 5 nitrogen and oxygen atoms in total. The summed E-state index contributed by atoms with van der Waals surface area (Å²) in [4.78, 5) is 23.4. The molecule has 0 fully saturated rings. The second-order valence-corrected chi connectivity index (χ2v) is 6.03. The van der Waals surface area contributed by atoms with Gasteiger partial charge in [0.25, 0.3) is 5.56 Å². The molecule has 7 heteroatoms. The molecular weight excluding hydrogens is 296 g/mol. The zero-order chi connectivity index (χ0) is 14.1. The summed E-state index contributed by atoms with van der Waals surface area (Å²) in [5.74, 6) is 0.647. The fourth-order valence-corrected chi connectivity index (χ4v) is 3.64. The number of nitrogens with one attached hydrogen (secondary N) is 1. The normalized spacial score (nSPS) is 13.7. The zero-order valence-electron chi connectivity index (χ0n) is 11.1. The first-order chi connectivity index (χ1) is 9.69. The molecule has 0 atom stereocenters. The number of imidazole rings is 1. The second kappa shape index (κ2) is 5.61. The van der Waals surface area contributed by atoms with Crippen molar-refractivity contribution < 1.29 is 0 Å². The maximum Gasteiger partial charge on any atom is 0.254 e. The first-order valence-corrected chi connectivity index (χ1v) is 7.99. The number of hydrogen-bond donors (Lipinski definition) is 1. The zero-order valence-corrected chi connectivity index (χ0v) is 12.7. The van der Waals surface area contributed by atoms with Gasteiger partial charge in [0.1, 0.15) is 0 Å². The van der Waals surface area contributed by atoms with Crippen LogP contribution in [0.25, 0.3) is 0 Å². The van der Waals surface area contributed by atoms with Crippen LogP contribution in [0.15, 0.2) is 16.3 Å². The largest absolute Gasteiger partial charge is 0.333 e. The molecule has 20 heavy (non-hydrogen) atoms. The third-order valence-corrected chi connectivity index (χ3v) is 4.70. The summed E-state index contributed by atoms with van der Waals surface area (Å²) < 4.78 is 2.00. The van der Waals surface area contributed by atoms with Gasteiger partial charge < -0.3 is 9.55 Å². The maximum atomic E-state index is 11.9. The lowest BCUT2D eigenvalue weighted by atomic mass is 10.3. The van der Waals surface area contributed by atoms with Crippen LogP contribution in [0.4, 0.5) is 0 Å². The standard InChI is InChI=1S/C13H15ClN4OS/c1-2-18-7-15-11(14)10(18)6-20-13-16-9-5-3-4-8(9)12(19)17-13/h7H,2-6H2,1H3,(H,16,17,19). The fourth-order valence-electron chi connectivity index (χ4n) is 2.42. The molecule has 2 aromatic rings. The molecule has 0 spiro atoms. The van der Waals surface area contributed by atoms with Gasteiger partial charge in [-0.3, -0.25) is 4.79 Å². The van der Waals surface area contributed by atoms with Crippen LogP contribution in [-0.4, -0.2) is 19.5 Å². The molecule has 2 aromatic heterocycles. The average molecular weight is 311 g/mol. The molecule has 0 aromatic carbocycles. The van der Waals surface area contributed by atoms with E-state index in [0.717, 1.165) is 42.8 Å². The van der Waals surface area contributed by atoms with Crippen LogP contribution in [-0.2, 0) is 25.1 Å². The minimum Gasteiger partial charge on any atom is -0.333 e. The molecule has 106 valence electrons. The number of rotatable bonds is 4. The van der Waals surface area contributed by atoms with Crippen molar-refractivity contribution in [3.8, 4) is 0 Å². The van der Waals surface area contributed by atoms with Gasteiger partial charge in [0.15, 0.2) is 10.3 Å². The van der Waals surface area contributed by atoms with Gasteiger partial charge >= 0.3 is 0 Å². The van der Waals surface area contributed by atoms with Crippen LogP contribution in [0.2, 0.25) is 5.15 Å². The van der Waals surface area contributed by atoms with Crippen molar-refractivity contribution in [2.75, 3.05) is 0 Å². The van der Waals surface area contributed by atoms with Gasteiger partial charge in [0.05, 0.1) is 17.7 Å². The van der Waals surface area contributed by atoms with E-state index in [1.165, 1.54) is 11.8 Å². The molecule has 0 bridgehead atoms. The molecular formula is C13H15ClN4OS. The number of aryl methyl sites for hydroxylation is 2. The summed E-state index contributed by atoms with van der Waals surface area (Å²) >= 11 is 7.57. The Labute approximate surface area is 125 Å². The third-order valence-electron chi connectivity index (χ3n) is 3.50. The van der Waals surface area contributed by atoms with E-state index in [1.807, 2.05) is 11.5 Å². The molecule has 2 heterocycles. The Balaban J connectivity index is 1.81. The second-order valence-electron chi connectivity index (χ2n) is 4.71. The molecule has 0 saturated heterocycles. The maximum absolute atomic E-state index is 11.9. The van der Waals surface area contributed by atoms with E-state index in [4.69, 9.17) is 11.6 Å². The summed E-state index contributed by atoms with van der Waals surface area (Å²) in [6, 6.07) is 0. The van der Waals surface area contributed by atoms with E-state index in [1.54, 1.807) is 6.33 Å². The van der Waals surface area contributed by atoms with Crippen molar-refractivity contribution in [3.05, 3.63) is 38.8 Å². The lowest BCUT2D eigenvalue weighted by molar-refractivity contribution is 0.733. The minimum atomic E-state index is 0.00472. The Bertz CT molecular complexity index is 694. The topological polar surface area (TPSA) is 63.6 Å². The Kier molecular flexibility index (Phi) is 3.85. The summed E-state index contributed by atoms with van der Waals surface area (Å²) in [7, 11) is 0. The lowest BCUT2D eigenvalue weighted by Crippen LogP contribution is -2.15. The van der Waals surface area contributed by atoms with Gasteiger partial charge in [0, 0.05) is 17.9 Å². The monoisotopic (exact) mass is 310 g/mol. The quantitative estimate of drug-likeness (QED) is 0.696. The summed E-state index contributed by atoms with van der Waals surface area (Å²) in [6.45, 7) is 2.87. The highest BCUT2D eigenvalue weighted by Crippen LogP contribution is 2.25. The first-order valence-electron chi connectivity index (χ1n) is 6.63.